The van der Waals surface area contributed by atoms with Gasteiger partial charge in [0.05, 0.1) is 26.3 Å². The average molecular weight is 389 g/mol. The largest absolute Gasteiger partial charge is 0.497 e. The van der Waals surface area contributed by atoms with Gasteiger partial charge in [-0.1, -0.05) is 6.92 Å². The van der Waals surface area contributed by atoms with Crippen molar-refractivity contribution in [3.05, 3.63) is 71.2 Å². The molecule has 0 bridgehead atoms. The van der Waals surface area contributed by atoms with Crippen molar-refractivity contribution < 1.29 is 22.6 Å². The third kappa shape index (κ3) is 3.69. The number of benzene rings is 2. The molecule has 0 saturated carbocycles. The minimum absolute atomic E-state index is 0.00423. The first-order valence-electron chi connectivity index (χ1n) is 8.57. The van der Waals surface area contributed by atoms with Crippen molar-refractivity contribution >= 4 is 10.8 Å². The number of aromatic nitrogens is 1. The molecular formula is C21H20F3N2O2. The number of rotatable bonds is 5. The quantitative estimate of drug-likeness (QED) is 0.683. The van der Waals surface area contributed by atoms with Crippen molar-refractivity contribution in [2.75, 3.05) is 14.2 Å². The van der Waals surface area contributed by atoms with Crippen LogP contribution in [0.4, 0.5) is 13.2 Å². The number of nitrogens with zero attached hydrogens (tertiary/aromatic N) is 1. The number of pyridine rings is 1. The van der Waals surface area contributed by atoms with Crippen LogP contribution in [0.3, 0.4) is 0 Å². The van der Waals surface area contributed by atoms with Crippen LogP contribution in [0.5, 0.6) is 11.5 Å². The molecule has 1 N–H and O–H groups in total. The molecule has 0 aliphatic carbocycles. The summed E-state index contributed by atoms with van der Waals surface area (Å²) >= 11 is 0. The summed E-state index contributed by atoms with van der Waals surface area (Å²) in [4.78, 5) is 0. The van der Waals surface area contributed by atoms with E-state index in [2.05, 4.69) is 0 Å². The highest BCUT2D eigenvalue weighted by molar-refractivity contribution is 5.86. The summed E-state index contributed by atoms with van der Waals surface area (Å²) < 4.78 is 52.6. The zero-order valence-corrected chi connectivity index (χ0v) is 15.7. The maximum atomic E-state index is 13.5. The van der Waals surface area contributed by atoms with Crippen LogP contribution in [-0.2, 0) is 12.7 Å². The van der Waals surface area contributed by atoms with E-state index in [1.165, 1.54) is 19.4 Å². The Morgan fingerprint density at radius 3 is 2.39 bits per heavy atom. The van der Waals surface area contributed by atoms with E-state index >= 15 is 0 Å². The zero-order valence-electron chi connectivity index (χ0n) is 15.7. The predicted molar refractivity (Wildman–Crippen MR) is 101 cm³/mol. The van der Waals surface area contributed by atoms with Crippen molar-refractivity contribution in [2.45, 2.75) is 19.6 Å². The van der Waals surface area contributed by atoms with E-state index in [1.54, 1.807) is 43.2 Å². The van der Waals surface area contributed by atoms with E-state index < -0.39 is 11.7 Å². The van der Waals surface area contributed by atoms with Crippen LogP contribution in [0.1, 0.15) is 23.6 Å². The zero-order chi connectivity index (χ0) is 20.5. The molecule has 2 aromatic carbocycles. The molecule has 7 heteroatoms. The van der Waals surface area contributed by atoms with E-state index in [9.17, 15) is 13.2 Å². The highest BCUT2D eigenvalue weighted by atomic mass is 19.4. The van der Waals surface area contributed by atoms with Crippen molar-refractivity contribution in [1.29, 1.82) is 5.41 Å². The fraction of sp³-hybridized carbons (Fsp3) is 0.238. The molecule has 1 heterocycles. The number of ether oxygens (including phenoxy) is 2. The molecule has 0 spiro atoms. The minimum Gasteiger partial charge on any atom is -0.497 e. The van der Waals surface area contributed by atoms with Gasteiger partial charge >= 0.3 is 6.18 Å². The van der Waals surface area contributed by atoms with Crippen LogP contribution >= 0.6 is 0 Å². The number of alkyl halides is 3. The highest BCUT2D eigenvalue weighted by Crippen LogP contribution is 2.35. The molecule has 0 fully saturated rings. The maximum absolute atomic E-state index is 13.5. The van der Waals surface area contributed by atoms with E-state index in [0.717, 1.165) is 11.6 Å². The van der Waals surface area contributed by atoms with Crippen LogP contribution in [0.25, 0.3) is 10.8 Å². The summed E-state index contributed by atoms with van der Waals surface area (Å²) in [6.07, 6.45) is -1.40. The molecule has 147 valence electrons. The molecule has 0 amide bonds. The molecule has 28 heavy (non-hydrogen) atoms. The number of hydrogen-bond donors (Lipinski definition) is 1. The summed E-state index contributed by atoms with van der Waals surface area (Å²) in [5, 5.41) is 8.75. The molecule has 1 aromatic heterocycles. The van der Waals surface area contributed by atoms with Crippen molar-refractivity contribution in [3.63, 3.8) is 0 Å². The predicted octanol–water partition coefficient (Wildman–Crippen LogP) is 4.78. The van der Waals surface area contributed by atoms with Gasteiger partial charge in [0.15, 0.2) is 0 Å². The Hall–Kier alpha value is -2.96. The lowest BCUT2D eigenvalue weighted by molar-refractivity contribution is -0.136. The number of methoxy groups -OCH3 is 2. The van der Waals surface area contributed by atoms with Crippen molar-refractivity contribution in [3.8, 4) is 11.5 Å². The smallest absolute Gasteiger partial charge is 0.417 e. The number of halogens is 3. The van der Waals surface area contributed by atoms with E-state index in [0.29, 0.717) is 17.1 Å². The van der Waals surface area contributed by atoms with Gasteiger partial charge in [-0.2, -0.15) is 13.2 Å². The Bertz CT molecular complexity index is 1070. The molecule has 0 saturated heterocycles. The summed E-state index contributed by atoms with van der Waals surface area (Å²) in [6, 6.07) is 9.44. The first kappa shape index (κ1) is 19.8. The number of fused-ring (bicyclic) bond motifs is 1. The fourth-order valence-corrected chi connectivity index (χ4v) is 3.14. The van der Waals surface area contributed by atoms with E-state index in [-0.39, 0.29) is 22.8 Å². The van der Waals surface area contributed by atoms with Gasteiger partial charge in [0.2, 0.25) is 0 Å². The number of hydrogen-bond acceptors (Lipinski definition) is 3. The first-order valence-corrected chi connectivity index (χ1v) is 8.57. The lowest BCUT2D eigenvalue weighted by atomic mass is 10.0. The van der Waals surface area contributed by atoms with Gasteiger partial charge in [-0.3, -0.25) is 5.41 Å². The summed E-state index contributed by atoms with van der Waals surface area (Å²) in [7, 11) is 3.08. The number of nitrogens with one attached hydrogen (secondary N) is 1. The summed E-state index contributed by atoms with van der Waals surface area (Å²) in [5.74, 6) is 1.21. The van der Waals surface area contributed by atoms with Gasteiger partial charge < -0.3 is 14.0 Å². The average Bonchev–Trinajstić information content (AvgIpc) is 2.68. The Morgan fingerprint density at radius 2 is 1.79 bits per heavy atom. The minimum atomic E-state index is -4.49. The third-order valence-corrected chi connectivity index (χ3v) is 4.64. The molecule has 1 radical (unpaired) electrons. The SMILES string of the molecule is C[CH]c1cc(C(F)(F)F)c2ccn(Cc3ccc(OC)cc3OC)c(=N)c2c1. The molecule has 0 aliphatic heterocycles. The van der Waals surface area contributed by atoms with Crippen molar-refractivity contribution in [1.82, 2.24) is 4.57 Å². The fourth-order valence-electron chi connectivity index (χ4n) is 3.14. The molecule has 0 atom stereocenters. The monoisotopic (exact) mass is 389 g/mol. The Labute approximate surface area is 160 Å². The summed E-state index contributed by atoms with van der Waals surface area (Å²) in [6.45, 7) is 1.95. The van der Waals surface area contributed by atoms with E-state index in [1.807, 2.05) is 6.07 Å². The maximum Gasteiger partial charge on any atom is 0.417 e. The Balaban J connectivity index is 2.14. The Morgan fingerprint density at radius 1 is 1.04 bits per heavy atom. The van der Waals surface area contributed by atoms with E-state index in [4.69, 9.17) is 14.9 Å². The van der Waals surface area contributed by atoms with Crippen LogP contribution in [0, 0.1) is 11.8 Å². The van der Waals surface area contributed by atoms with Gasteiger partial charge in [-0.05, 0) is 47.7 Å². The van der Waals surface area contributed by atoms with Gasteiger partial charge in [-0.15, -0.1) is 0 Å². The van der Waals surface area contributed by atoms with Gasteiger partial charge in [-0.25, -0.2) is 0 Å². The molecule has 3 rings (SSSR count). The second-order valence-corrected chi connectivity index (χ2v) is 6.29. The second-order valence-electron chi connectivity index (χ2n) is 6.29. The lowest BCUT2D eigenvalue weighted by Crippen LogP contribution is -2.22. The first-order chi connectivity index (χ1) is 13.3. The topological polar surface area (TPSA) is 47.2 Å². The third-order valence-electron chi connectivity index (χ3n) is 4.64. The standard InChI is InChI=1S/C21H20F3N2O2/c1-4-13-9-17-16(18(10-13)21(22,23)24)7-8-26(20(17)25)12-14-5-6-15(27-2)11-19(14)28-3/h4-11,25H,12H2,1-3H3. The molecule has 3 aromatic rings. The van der Waals surface area contributed by atoms with Crippen LogP contribution < -0.4 is 15.0 Å². The second kappa shape index (κ2) is 7.58. The Kier molecular flexibility index (Phi) is 5.36. The van der Waals surface area contributed by atoms with Gasteiger partial charge in [0, 0.05) is 23.2 Å². The molecule has 0 aliphatic rings. The lowest BCUT2D eigenvalue weighted by Gasteiger charge is -2.16. The van der Waals surface area contributed by atoms with Crippen molar-refractivity contribution in [2.24, 2.45) is 0 Å². The van der Waals surface area contributed by atoms with Crippen LogP contribution in [0.2, 0.25) is 0 Å². The molecule has 0 unspecified atom stereocenters. The summed E-state index contributed by atoms with van der Waals surface area (Å²) in [5.41, 5.74) is 0.480. The van der Waals surface area contributed by atoms with Crippen LogP contribution in [0.15, 0.2) is 42.6 Å². The molecule has 4 nitrogen and oxygen atoms in total. The van der Waals surface area contributed by atoms with Gasteiger partial charge in [0.25, 0.3) is 0 Å². The van der Waals surface area contributed by atoms with Gasteiger partial charge in [0.1, 0.15) is 17.0 Å². The van der Waals surface area contributed by atoms with Crippen LogP contribution in [-0.4, -0.2) is 18.8 Å². The highest BCUT2D eigenvalue weighted by Gasteiger charge is 2.33. The normalized spacial score (nSPS) is 11.6. The molecular weight excluding hydrogens is 369 g/mol.